The molecule has 0 bridgehead atoms. The lowest BCUT2D eigenvalue weighted by Crippen LogP contribution is -1.96. The minimum atomic E-state index is 0.662. The van der Waals surface area contributed by atoms with Crippen molar-refractivity contribution in [2.24, 2.45) is 0 Å². The normalized spacial score (nSPS) is 11.4. The van der Waals surface area contributed by atoms with E-state index in [2.05, 4.69) is 279 Å². The average Bonchev–Trinajstić information content (AvgIpc) is 1.53. The number of rotatable bonds is 12. The first-order valence-electron chi connectivity index (χ1n) is 35.5. The fourth-order valence-corrected chi connectivity index (χ4v) is 14.6. The van der Waals surface area contributed by atoms with Gasteiger partial charge in [0.2, 0.25) is 0 Å². The van der Waals surface area contributed by atoms with E-state index in [0.29, 0.717) is 11.6 Å². The summed E-state index contributed by atoms with van der Waals surface area (Å²) in [5.74, 6) is 1.36. The molecule has 20 aromatic rings. The van der Waals surface area contributed by atoms with Gasteiger partial charge in [-0.25, -0.2) is 29.9 Å². The van der Waals surface area contributed by atoms with Gasteiger partial charge < -0.3 is 8.83 Å². The van der Waals surface area contributed by atoms with Gasteiger partial charge in [0.15, 0.2) is 11.6 Å². The molecule has 0 amide bonds. The third-order valence-corrected chi connectivity index (χ3v) is 19.8. The third kappa shape index (κ3) is 11.9. The summed E-state index contributed by atoms with van der Waals surface area (Å²) < 4.78 is 13.3. The minimum Gasteiger partial charge on any atom is -0.455 e. The van der Waals surface area contributed by atoms with Gasteiger partial charge in [0.05, 0.1) is 66.7 Å². The second kappa shape index (κ2) is 27.2. The minimum absolute atomic E-state index is 0.662. The molecule has 8 heteroatoms. The molecule has 0 N–H and O–H groups in total. The third-order valence-electron chi connectivity index (χ3n) is 19.8. The van der Waals surface area contributed by atoms with Crippen molar-refractivity contribution < 1.29 is 8.83 Å². The quantitative estimate of drug-likeness (QED) is 0.119. The van der Waals surface area contributed by atoms with Crippen LogP contribution in [-0.4, -0.2) is 29.9 Å². The summed E-state index contributed by atoms with van der Waals surface area (Å²) in [6.45, 7) is 0. The summed E-state index contributed by atoms with van der Waals surface area (Å²) in [4.78, 5) is 30.9. The second-order valence-corrected chi connectivity index (χ2v) is 26.4. The van der Waals surface area contributed by atoms with Crippen molar-refractivity contribution in [3.63, 3.8) is 0 Å². The maximum Gasteiger partial charge on any atom is 0.160 e. The zero-order chi connectivity index (χ0) is 70.3. The fraction of sp³-hybridized carbons (Fsp3) is 0. The number of para-hydroxylation sites is 2. The zero-order valence-corrected chi connectivity index (χ0v) is 57.3. The Hall–Kier alpha value is -14.3. The number of aromatic nitrogens is 6. The van der Waals surface area contributed by atoms with E-state index in [-0.39, 0.29) is 0 Å². The number of hydrogen-bond donors (Lipinski definition) is 0. The van der Waals surface area contributed by atoms with E-state index < -0.39 is 0 Å². The molecule has 0 aliphatic carbocycles. The van der Waals surface area contributed by atoms with Gasteiger partial charge in [-0.3, -0.25) is 0 Å². The van der Waals surface area contributed by atoms with Gasteiger partial charge in [0.25, 0.3) is 0 Å². The highest BCUT2D eigenvalue weighted by Gasteiger charge is 2.24. The van der Waals surface area contributed by atoms with Crippen LogP contribution in [0.25, 0.3) is 201 Å². The molecule has 6 heterocycles. The molecule has 8 nitrogen and oxygen atoms in total. The Morgan fingerprint density at radius 1 is 0.179 bits per heavy atom. The summed E-state index contributed by atoms with van der Waals surface area (Å²) in [5.41, 5.74) is 27.6. The van der Waals surface area contributed by atoms with E-state index in [1.54, 1.807) is 0 Å². The average molecular weight is 1360 g/mol. The van der Waals surface area contributed by atoms with Gasteiger partial charge in [-0.1, -0.05) is 340 Å². The van der Waals surface area contributed by atoms with E-state index >= 15 is 0 Å². The maximum atomic E-state index is 6.70. The van der Waals surface area contributed by atoms with Crippen LogP contribution in [0.3, 0.4) is 0 Å². The number of fused-ring (bicyclic) bond motifs is 10. The molecule has 0 atom stereocenters. The number of furan rings is 2. The van der Waals surface area contributed by atoms with Crippen LogP contribution in [-0.2, 0) is 0 Å². The van der Waals surface area contributed by atoms with Crippen molar-refractivity contribution in [2.75, 3.05) is 0 Å². The van der Waals surface area contributed by atoms with Crippen LogP contribution in [0.5, 0.6) is 0 Å². The number of hydrogen-bond acceptors (Lipinski definition) is 8. The molecule has 0 aliphatic rings. The van der Waals surface area contributed by atoms with E-state index in [9.17, 15) is 0 Å². The Kier molecular flexibility index (Phi) is 16.1. The largest absolute Gasteiger partial charge is 0.455 e. The first kappa shape index (κ1) is 62.6. The van der Waals surface area contributed by atoms with Gasteiger partial charge >= 0.3 is 0 Å². The van der Waals surface area contributed by atoms with Crippen LogP contribution in [0.2, 0.25) is 0 Å². The molecule has 20 rings (SSSR count). The molecular weight excluding hydrogens is 1290 g/mol. The van der Waals surface area contributed by atoms with Crippen LogP contribution >= 0.6 is 0 Å². The van der Waals surface area contributed by atoms with Crippen LogP contribution in [0.15, 0.2) is 385 Å². The monoisotopic (exact) mass is 1350 g/mol. The van der Waals surface area contributed by atoms with E-state index in [4.69, 9.17) is 38.7 Å². The second-order valence-electron chi connectivity index (χ2n) is 26.4. The highest BCUT2D eigenvalue weighted by atomic mass is 16.3. The number of pyridine rings is 2. The first-order valence-corrected chi connectivity index (χ1v) is 35.5. The van der Waals surface area contributed by atoms with Crippen LogP contribution in [0.4, 0.5) is 0 Å². The molecule has 0 saturated heterocycles. The maximum absolute atomic E-state index is 6.70. The lowest BCUT2D eigenvalue weighted by Gasteiger charge is -2.12. The van der Waals surface area contributed by atoms with Gasteiger partial charge in [0, 0.05) is 55.3 Å². The number of benzene rings is 14. The summed E-state index contributed by atoms with van der Waals surface area (Å²) in [6.07, 6.45) is 0. The predicted molar refractivity (Wildman–Crippen MR) is 434 cm³/mol. The van der Waals surface area contributed by atoms with E-state index in [1.807, 2.05) is 97.1 Å². The highest BCUT2D eigenvalue weighted by Crippen LogP contribution is 2.46. The summed E-state index contributed by atoms with van der Waals surface area (Å²) in [6, 6.07) is 130. The Balaban J connectivity index is 0.000000149. The first-order chi connectivity index (χ1) is 52.5. The zero-order valence-electron chi connectivity index (χ0n) is 57.3. The van der Waals surface area contributed by atoms with E-state index in [1.165, 1.54) is 11.1 Å². The summed E-state index contributed by atoms with van der Waals surface area (Å²) in [7, 11) is 0. The Morgan fingerprint density at radius 2 is 0.443 bits per heavy atom. The standard InChI is InChI=1S/C55H35N3O.C43H27N3O/c1-4-13-36(14-5-1)38-23-29-41(30-24-38)48-35-49(42-31-25-39(26-32-42)37-15-6-2-7-16-37)58-55(57-48)44-33-27-40(28-34-44)45-20-12-21-47-51(45)54-52(46-19-10-11-22-50(46)59-54)53(56-47)43-17-8-3-9-18-43;1-4-13-29(14-5-1)36-27-37(46-43(45-36)32-17-8-3-9-18-32)30-25-23-28(24-26-30)33-20-12-21-35-39(33)42-40(34-19-10-11-22-38(34)47-42)41(44-35)31-15-6-2-7-16-31/h1-35H;1-27H. The van der Waals surface area contributed by atoms with Crippen molar-refractivity contribution in [3.05, 3.63) is 376 Å². The van der Waals surface area contributed by atoms with Crippen molar-refractivity contribution in [1.82, 2.24) is 29.9 Å². The van der Waals surface area contributed by atoms with Crippen molar-refractivity contribution >= 4 is 65.7 Å². The van der Waals surface area contributed by atoms with Crippen LogP contribution in [0, 0.1) is 0 Å². The Labute approximate surface area is 611 Å². The predicted octanol–water partition coefficient (Wildman–Crippen LogP) is 25.9. The molecule has 0 spiro atoms. The highest BCUT2D eigenvalue weighted by molar-refractivity contribution is 6.23. The van der Waals surface area contributed by atoms with Crippen molar-refractivity contribution in [2.45, 2.75) is 0 Å². The lowest BCUT2D eigenvalue weighted by atomic mass is 9.95. The van der Waals surface area contributed by atoms with Crippen LogP contribution < -0.4 is 0 Å². The van der Waals surface area contributed by atoms with Gasteiger partial charge in [0.1, 0.15) is 22.3 Å². The number of nitrogens with zero attached hydrogens (tertiary/aromatic N) is 6. The summed E-state index contributed by atoms with van der Waals surface area (Å²) >= 11 is 0. The lowest BCUT2D eigenvalue weighted by molar-refractivity contribution is 0.672. The molecule has 0 saturated carbocycles. The molecule has 0 unspecified atom stereocenters. The topological polar surface area (TPSA) is 104 Å². The molecule has 0 fully saturated rings. The van der Waals surface area contributed by atoms with Gasteiger partial charge in [-0.05, 0) is 80.9 Å². The molecule has 6 aromatic heterocycles. The molecular formula is C98H62N6O2. The van der Waals surface area contributed by atoms with E-state index in [0.717, 1.165) is 178 Å². The molecule has 0 aliphatic heterocycles. The summed E-state index contributed by atoms with van der Waals surface area (Å²) in [5, 5.41) is 6.17. The van der Waals surface area contributed by atoms with Crippen molar-refractivity contribution in [1.29, 1.82) is 0 Å². The fourth-order valence-electron chi connectivity index (χ4n) is 14.6. The molecule has 106 heavy (non-hydrogen) atoms. The van der Waals surface area contributed by atoms with Crippen LogP contribution in [0.1, 0.15) is 0 Å². The smallest absolute Gasteiger partial charge is 0.160 e. The molecule has 496 valence electrons. The Morgan fingerprint density at radius 3 is 0.811 bits per heavy atom. The van der Waals surface area contributed by atoms with Gasteiger partial charge in [-0.15, -0.1) is 0 Å². The molecule has 14 aromatic carbocycles. The van der Waals surface area contributed by atoms with Crippen molar-refractivity contribution in [3.8, 4) is 135 Å². The van der Waals surface area contributed by atoms with Gasteiger partial charge in [-0.2, -0.15) is 0 Å². The SMILES string of the molecule is c1ccc(-c2cc(-c3ccc(-c4cccc5nc(-c6ccccc6)c6c7ccccc7oc6c45)cc3)nc(-c3ccccc3)n2)cc1.c1ccc(-c2ccc(-c3cc(-c4ccc(-c5ccccc5)cc4)nc(-c4ccc(-c5cccc6nc(-c7ccccc7)c7c8ccccc8oc7c56)cc4)n3)cc2)cc1. The Bertz CT molecular complexity index is 6460. The molecule has 0 radical (unpaired) electrons.